The first kappa shape index (κ1) is 35.1. The zero-order valence-corrected chi connectivity index (χ0v) is 26.3. The van der Waals surface area contributed by atoms with Gasteiger partial charge in [0.05, 0.1) is 12.6 Å². The van der Waals surface area contributed by atoms with Crippen LogP contribution in [0, 0.1) is 0 Å². The number of alkyl carbamates (subject to hydrolysis) is 1. The Balaban J connectivity index is 2.21. The maximum absolute atomic E-state index is 13.1. The van der Waals surface area contributed by atoms with Gasteiger partial charge in [-0.25, -0.2) is 34.0 Å². The highest BCUT2D eigenvalue weighted by Gasteiger charge is 2.38. The average molecular weight is 609 g/mol. The zero-order chi connectivity index (χ0) is 32.8. The van der Waals surface area contributed by atoms with E-state index in [0.29, 0.717) is 11.3 Å². The fraction of sp³-hybridized carbons (Fsp3) is 0.621. The number of hydrogen-bond donors (Lipinski definition) is 3. The molecule has 240 valence electrons. The molecule has 2 unspecified atom stereocenters. The van der Waals surface area contributed by atoms with E-state index in [0.717, 1.165) is 9.80 Å². The molecule has 14 nitrogen and oxygen atoms in total. The number of nitrogens with zero attached hydrogens (tertiary/aromatic N) is 3. The van der Waals surface area contributed by atoms with E-state index in [9.17, 15) is 29.4 Å². The molecule has 0 aliphatic carbocycles. The van der Waals surface area contributed by atoms with Crippen molar-refractivity contribution in [1.29, 1.82) is 0 Å². The number of guanidine groups is 1. The van der Waals surface area contributed by atoms with Gasteiger partial charge < -0.3 is 34.5 Å². The third-order valence-electron chi connectivity index (χ3n) is 5.31. The highest BCUT2D eigenvalue weighted by molar-refractivity contribution is 6.02. The van der Waals surface area contributed by atoms with Gasteiger partial charge >= 0.3 is 24.2 Å². The first-order chi connectivity index (χ1) is 19.6. The Morgan fingerprint density at radius 1 is 0.953 bits per heavy atom. The number of benzene rings is 1. The van der Waals surface area contributed by atoms with Crippen LogP contribution in [0.4, 0.5) is 14.4 Å². The van der Waals surface area contributed by atoms with Gasteiger partial charge in [-0.1, -0.05) is 12.1 Å². The lowest BCUT2D eigenvalue weighted by Gasteiger charge is -2.29. The standard InChI is InChI=1S/C29H44N4O10/c1-27(2,3)41-22(35)21(34)17-40-19-12-10-18(11-13-19)20-16-33(25(37)38)23(31-20)32(26(39)43-29(7,8)9)15-14-30-24(36)42-28(4,5)6/h10-13,20-21,34H,14-17H2,1-9H3,(H,30,36)(H,37,38). The molecule has 2 rings (SSSR count). The third-order valence-corrected chi connectivity index (χ3v) is 5.31. The van der Waals surface area contributed by atoms with Crippen LogP contribution in [0.5, 0.6) is 5.75 Å². The zero-order valence-electron chi connectivity index (χ0n) is 26.3. The number of carbonyl (C=O) groups excluding carboxylic acids is 3. The largest absolute Gasteiger partial charge is 0.490 e. The summed E-state index contributed by atoms with van der Waals surface area (Å²) in [7, 11) is 0. The molecule has 1 aliphatic heterocycles. The molecule has 0 fully saturated rings. The highest BCUT2D eigenvalue weighted by atomic mass is 16.6. The first-order valence-electron chi connectivity index (χ1n) is 13.8. The lowest BCUT2D eigenvalue weighted by atomic mass is 10.1. The van der Waals surface area contributed by atoms with Crippen LogP contribution in [0.25, 0.3) is 0 Å². The molecular formula is C29H44N4O10. The van der Waals surface area contributed by atoms with Crippen molar-refractivity contribution in [2.45, 2.75) is 91.3 Å². The van der Waals surface area contributed by atoms with Gasteiger partial charge in [0.2, 0.25) is 5.96 Å². The molecule has 1 heterocycles. The quantitative estimate of drug-likeness (QED) is 0.290. The Morgan fingerprint density at radius 3 is 2.02 bits per heavy atom. The third kappa shape index (κ3) is 12.0. The molecule has 1 aromatic carbocycles. The second-order valence-corrected chi connectivity index (χ2v) is 12.8. The Labute approximate surface area is 251 Å². The summed E-state index contributed by atoms with van der Waals surface area (Å²) in [6.45, 7) is 14.6. The highest BCUT2D eigenvalue weighted by Crippen LogP contribution is 2.28. The Kier molecular flexibility index (Phi) is 11.4. The summed E-state index contributed by atoms with van der Waals surface area (Å²) in [6, 6.07) is 5.83. The molecule has 0 bridgehead atoms. The molecule has 0 saturated carbocycles. The molecule has 2 atom stereocenters. The van der Waals surface area contributed by atoms with Crippen molar-refractivity contribution in [3.05, 3.63) is 29.8 Å². The predicted molar refractivity (Wildman–Crippen MR) is 156 cm³/mol. The van der Waals surface area contributed by atoms with E-state index < -0.39 is 53.2 Å². The lowest BCUT2D eigenvalue weighted by Crippen LogP contribution is -2.51. The maximum atomic E-state index is 13.1. The van der Waals surface area contributed by atoms with Crippen molar-refractivity contribution in [1.82, 2.24) is 15.1 Å². The van der Waals surface area contributed by atoms with E-state index >= 15 is 0 Å². The molecule has 43 heavy (non-hydrogen) atoms. The normalized spacial score (nSPS) is 16.1. The van der Waals surface area contributed by atoms with E-state index in [2.05, 4.69) is 10.3 Å². The van der Waals surface area contributed by atoms with Crippen molar-refractivity contribution in [2.24, 2.45) is 4.99 Å². The SMILES string of the molecule is CC(C)(C)OC(=O)NCCN(C(=O)OC(C)(C)C)C1=NC(c2ccc(OCC(O)C(=O)OC(C)(C)C)cc2)CN1C(=O)O. The summed E-state index contributed by atoms with van der Waals surface area (Å²) in [5, 5.41) is 22.5. The molecule has 14 heteroatoms. The second-order valence-electron chi connectivity index (χ2n) is 12.8. The minimum absolute atomic E-state index is 0.0630. The number of aliphatic imine (C=N–C) groups is 1. The lowest BCUT2D eigenvalue weighted by molar-refractivity contribution is -0.166. The van der Waals surface area contributed by atoms with Crippen LogP contribution in [0.15, 0.2) is 29.3 Å². The van der Waals surface area contributed by atoms with Gasteiger partial charge in [-0.2, -0.15) is 0 Å². The number of aliphatic hydroxyl groups excluding tert-OH is 1. The van der Waals surface area contributed by atoms with Gasteiger partial charge in [-0.15, -0.1) is 0 Å². The number of hydrogen-bond acceptors (Lipinski definition) is 10. The summed E-state index contributed by atoms with van der Waals surface area (Å²) in [5.41, 5.74) is -1.74. The molecule has 0 radical (unpaired) electrons. The molecule has 0 saturated heterocycles. The molecule has 3 N–H and O–H groups in total. The number of carboxylic acid groups (broad SMARTS) is 1. The first-order valence-corrected chi connectivity index (χ1v) is 13.8. The summed E-state index contributed by atoms with van der Waals surface area (Å²) in [4.78, 5) is 55.9. The van der Waals surface area contributed by atoms with Crippen LogP contribution in [-0.2, 0) is 19.0 Å². The number of rotatable bonds is 8. The summed E-state index contributed by atoms with van der Waals surface area (Å²) >= 11 is 0. The van der Waals surface area contributed by atoms with E-state index in [-0.39, 0.29) is 32.2 Å². The predicted octanol–water partition coefficient (Wildman–Crippen LogP) is 3.92. The van der Waals surface area contributed by atoms with Gasteiger partial charge in [0, 0.05) is 13.1 Å². The van der Waals surface area contributed by atoms with Crippen LogP contribution < -0.4 is 10.1 Å². The van der Waals surface area contributed by atoms with Gasteiger partial charge in [-0.3, -0.25) is 0 Å². The fourth-order valence-corrected chi connectivity index (χ4v) is 3.64. The van der Waals surface area contributed by atoms with Gasteiger partial charge in [0.15, 0.2) is 6.10 Å². The van der Waals surface area contributed by atoms with Crippen LogP contribution >= 0.6 is 0 Å². The molecule has 1 aliphatic rings. The number of nitrogens with one attached hydrogen (secondary N) is 1. The van der Waals surface area contributed by atoms with E-state index in [1.807, 2.05) is 0 Å². The van der Waals surface area contributed by atoms with Crippen LogP contribution in [0.2, 0.25) is 0 Å². The van der Waals surface area contributed by atoms with Crippen LogP contribution in [-0.4, -0.2) is 99.4 Å². The smallest absolute Gasteiger partial charge is 0.417 e. The molecule has 1 aromatic rings. The molecule has 3 amide bonds. The minimum atomic E-state index is -1.48. The number of esters is 1. The van der Waals surface area contributed by atoms with Gasteiger partial charge in [0.25, 0.3) is 0 Å². The number of amides is 3. The second kappa shape index (κ2) is 13.9. The van der Waals surface area contributed by atoms with Crippen molar-refractivity contribution in [3.8, 4) is 5.75 Å². The fourth-order valence-electron chi connectivity index (χ4n) is 3.64. The van der Waals surface area contributed by atoms with Crippen molar-refractivity contribution in [3.63, 3.8) is 0 Å². The molecular weight excluding hydrogens is 564 g/mol. The van der Waals surface area contributed by atoms with Crippen molar-refractivity contribution >= 4 is 30.2 Å². The molecule has 0 spiro atoms. The Bertz CT molecular complexity index is 1180. The summed E-state index contributed by atoms with van der Waals surface area (Å²) < 4.78 is 21.4. The van der Waals surface area contributed by atoms with Crippen LogP contribution in [0.3, 0.4) is 0 Å². The van der Waals surface area contributed by atoms with E-state index in [4.69, 9.17) is 18.9 Å². The number of ether oxygens (including phenoxy) is 4. The Hall–Kier alpha value is -4.07. The monoisotopic (exact) mass is 608 g/mol. The Morgan fingerprint density at radius 2 is 1.51 bits per heavy atom. The average Bonchev–Trinajstić information content (AvgIpc) is 3.27. The molecule has 0 aromatic heterocycles. The van der Waals surface area contributed by atoms with Crippen LogP contribution in [0.1, 0.15) is 73.9 Å². The van der Waals surface area contributed by atoms with Gasteiger partial charge in [0.1, 0.15) is 29.2 Å². The topological polar surface area (TPSA) is 177 Å². The van der Waals surface area contributed by atoms with E-state index in [1.165, 1.54) is 0 Å². The summed E-state index contributed by atoms with van der Waals surface area (Å²) in [6.07, 6.45) is -4.34. The van der Waals surface area contributed by atoms with Crippen molar-refractivity contribution in [2.75, 3.05) is 26.2 Å². The maximum Gasteiger partial charge on any atom is 0.417 e. The summed E-state index contributed by atoms with van der Waals surface area (Å²) in [5.74, 6) is -0.604. The number of carbonyl (C=O) groups is 4. The van der Waals surface area contributed by atoms with Crippen molar-refractivity contribution < 1.29 is 48.3 Å². The van der Waals surface area contributed by atoms with Gasteiger partial charge in [-0.05, 0) is 80.0 Å². The number of aliphatic hydroxyl groups is 1. The minimum Gasteiger partial charge on any atom is -0.490 e. The van der Waals surface area contributed by atoms with E-state index in [1.54, 1.807) is 86.6 Å².